The number of rotatable bonds is 0. The molecule has 1 saturated carbocycles. The maximum Gasteiger partial charge on any atom is 0.138 e. The van der Waals surface area contributed by atoms with Crippen LogP contribution in [0.3, 0.4) is 0 Å². The Morgan fingerprint density at radius 1 is 1.25 bits per heavy atom. The molecule has 2 atom stereocenters. The van der Waals surface area contributed by atoms with Crippen molar-refractivity contribution in [1.82, 2.24) is 5.32 Å². The zero-order valence-electron chi connectivity index (χ0n) is 7.81. The van der Waals surface area contributed by atoms with E-state index in [1.807, 2.05) is 0 Å². The molecule has 0 amide bonds. The summed E-state index contributed by atoms with van der Waals surface area (Å²) in [5, 5.41) is 3.43. The fourth-order valence-corrected chi connectivity index (χ4v) is 2.33. The first kappa shape index (κ1) is 10.7. The molecule has 12 heavy (non-hydrogen) atoms. The minimum atomic E-state index is 0. The van der Waals surface area contributed by atoms with Crippen molar-refractivity contribution in [3.63, 3.8) is 0 Å². The van der Waals surface area contributed by atoms with Gasteiger partial charge in [-0.3, -0.25) is 4.79 Å². The summed E-state index contributed by atoms with van der Waals surface area (Å²) in [4.78, 5) is 11.4. The van der Waals surface area contributed by atoms with E-state index in [1.165, 1.54) is 19.3 Å². The van der Waals surface area contributed by atoms with E-state index >= 15 is 0 Å². The summed E-state index contributed by atoms with van der Waals surface area (Å²) < 4.78 is 0. The SMILES string of the molecule is O=C1CCNC2CCCCC12.[Na]. The third-order valence-electron chi connectivity index (χ3n) is 2.96. The number of piperidine rings is 1. The molecule has 1 N–H and O–H groups in total. The minimum absolute atomic E-state index is 0. The second-order valence-corrected chi connectivity index (χ2v) is 3.67. The molecule has 0 bridgehead atoms. The zero-order valence-corrected chi connectivity index (χ0v) is 9.81. The van der Waals surface area contributed by atoms with E-state index < -0.39 is 0 Å². The second-order valence-electron chi connectivity index (χ2n) is 3.67. The molecule has 0 spiro atoms. The van der Waals surface area contributed by atoms with Gasteiger partial charge in [-0.25, -0.2) is 0 Å². The standard InChI is InChI=1S/C9H15NO.Na/c11-9-5-6-10-8-4-2-1-3-7(8)9;/h7-8,10H,1-6H2;. The molecule has 2 rings (SSSR count). The van der Waals surface area contributed by atoms with E-state index in [0.29, 0.717) is 17.7 Å². The molecule has 63 valence electrons. The fraction of sp³-hybridized carbons (Fsp3) is 0.889. The van der Waals surface area contributed by atoms with Crippen molar-refractivity contribution >= 4 is 35.3 Å². The van der Waals surface area contributed by atoms with Gasteiger partial charge in [0.2, 0.25) is 0 Å². The van der Waals surface area contributed by atoms with Crippen LogP contribution in [0, 0.1) is 5.92 Å². The van der Waals surface area contributed by atoms with Crippen LogP contribution in [0.4, 0.5) is 0 Å². The predicted molar refractivity (Wildman–Crippen MR) is 49.1 cm³/mol. The van der Waals surface area contributed by atoms with Crippen LogP contribution in [0.15, 0.2) is 0 Å². The summed E-state index contributed by atoms with van der Waals surface area (Å²) in [5.74, 6) is 0.881. The van der Waals surface area contributed by atoms with Gasteiger partial charge in [0.25, 0.3) is 0 Å². The van der Waals surface area contributed by atoms with Crippen molar-refractivity contribution in [3.8, 4) is 0 Å². The third kappa shape index (κ3) is 2.11. The largest absolute Gasteiger partial charge is 0.313 e. The van der Waals surface area contributed by atoms with E-state index in [2.05, 4.69) is 5.32 Å². The Bertz CT molecular complexity index is 170. The molecular weight excluding hydrogens is 161 g/mol. The molecule has 1 aliphatic heterocycles. The van der Waals surface area contributed by atoms with Gasteiger partial charge in [-0.05, 0) is 12.8 Å². The van der Waals surface area contributed by atoms with Gasteiger partial charge in [0, 0.05) is 54.5 Å². The molecule has 0 aromatic rings. The molecule has 1 aliphatic carbocycles. The quantitative estimate of drug-likeness (QED) is 0.551. The molecule has 2 aliphatic rings. The Morgan fingerprint density at radius 3 is 2.75 bits per heavy atom. The number of hydrogen-bond acceptors (Lipinski definition) is 2. The van der Waals surface area contributed by atoms with Crippen LogP contribution in [0.1, 0.15) is 32.1 Å². The van der Waals surface area contributed by atoms with E-state index in [9.17, 15) is 4.79 Å². The molecule has 2 unspecified atom stereocenters. The van der Waals surface area contributed by atoms with Gasteiger partial charge in [0.05, 0.1) is 0 Å². The van der Waals surface area contributed by atoms with Crippen molar-refractivity contribution in [2.75, 3.05) is 6.54 Å². The maximum atomic E-state index is 11.4. The third-order valence-corrected chi connectivity index (χ3v) is 2.96. The molecular formula is C9H15NNaO. The van der Waals surface area contributed by atoms with Crippen LogP contribution >= 0.6 is 0 Å². The Morgan fingerprint density at radius 2 is 2.00 bits per heavy atom. The monoisotopic (exact) mass is 176 g/mol. The van der Waals surface area contributed by atoms with Gasteiger partial charge < -0.3 is 5.32 Å². The Hall–Kier alpha value is 0.630. The molecule has 1 heterocycles. The van der Waals surface area contributed by atoms with Crippen LogP contribution in [0.2, 0.25) is 0 Å². The summed E-state index contributed by atoms with van der Waals surface area (Å²) in [5.41, 5.74) is 0. The van der Waals surface area contributed by atoms with Gasteiger partial charge in [-0.15, -0.1) is 0 Å². The van der Waals surface area contributed by atoms with Gasteiger partial charge in [-0.1, -0.05) is 12.8 Å². The molecule has 3 heteroatoms. The molecule has 0 aromatic heterocycles. The van der Waals surface area contributed by atoms with E-state index in [4.69, 9.17) is 0 Å². The first-order valence-corrected chi connectivity index (χ1v) is 4.64. The van der Waals surface area contributed by atoms with Crippen LogP contribution in [-0.4, -0.2) is 47.9 Å². The summed E-state index contributed by atoms with van der Waals surface area (Å²) in [6, 6.07) is 0.532. The van der Waals surface area contributed by atoms with Crippen molar-refractivity contribution in [1.29, 1.82) is 0 Å². The summed E-state index contributed by atoms with van der Waals surface area (Å²) in [6.07, 6.45) is 5.68. The average Bonchev–Trinajstić information content (AvgIpc) is 2.06. The van der Waals surface area contributed by atoms with E-state index in [1.54, 1.807) is 0 Å². The first-order chi connectivity index (χ1) is 5.38. The first-order valence-electron chi connectivity index (χ1n) is 4.64. The number of carbonyl (C=O) groups excluding carboxylic acids is 1. The average molecular weight is 176 g/mol. The zero-order chi connectivity index (χ0) is 7.68. The number of ketones is 1. The summed E-state index contributed by atoms with van der Waals surface area (Å²) >= 11 is 0. The van der Waals surface area contributed by atoms with Crippen molar-refractivity contribution in [2.24, 2.45) is 5.92 Å². The Labute approximate surface area is 95.8 Å². The van der Waals surface area contributed by atoms with Crippen LogP contribution in [0.25, 0.3) is 0 Å². The van der Waals surface area contributed by atoms with Crippen LogP contribution < -0.4 is 5.32 Å². The number of nitrogens with one attached hydrogen (secondary N) is 1. The van der Waals surface area contributed by atoms with Gasteiger partial charge in [0.15, 0.2) is 0 Å². The predicted octanol–water partition coefficient (Wildman–Crippen LogP) is 0.727. The maximum absolute atomic E-state index is 11.4. The minimum Gasteiger partial charge on any atom is -0.313 e. The number of Topliss-reactive ketones (excluding diaryl/α,β-unsaturated/α-hetero) is 1. The Balaban J connectivity index is 0.000000720. The number of carbonyl (C=O) groups is 1. The second kappa shape index (κ2) is 4.75. The van der Waals surface area contributed by atoms with E-state index in [0.717, 1.165) is 19.4 Å². The fourth-order valence-electron chi connectivity index (χ4n) is 2.33. The topological polar surface area (TPSA) is 29.1 Å². The van der Waals surface area contributed by atoms with Gasteiger partial charge in [-0.2, -0.15) is 0 Å². The molecule has 0 aromatic carbocycles. The summed E-state index contributed by atoms with van der Waals surface area (Å²) in [7, 11) is 0. The number of hydrogen-bond donors (Lipinski definition) is 1. The summed E-state index contributed by atoms with van der Waals surface area (Å²) in [6.45, 7) is 0.917. The van der Waals surface area contributed by atoms with Gasteiger partial charge >= 0.3 is 0 Å². The normalized spacial score (nSPS) is 35.2. The van der Waals surface area contributed by atoms with Crippen LogP contribution in [0.5, 0.6) is 0 Å². The van der Waals surface area contributed by atoms with Crippen molar-refractivity contribution < 1.29 is 4.79 Å². The number of fused-ring (bicyclic) bond motifs is 1. The molecule has 1 saturated heterocycles. The Kier molecular flexibility index (Phi) is 4.24. The van der Waals surface area contributed by atoms with Crippen molar-refractivity contribution in [2.45, 2.75) is 38.1 Å². The molecule has 2 fully saturated rings. The van der Waals surface area contributed by atoms with E-state index in [-0.39, 0.29) is 29.6 Å². The van der Waals surface area contributed by atoms with Crippen LogP contribution in [-0.2, 0) is 4.79 Å². The van der Waals surface area contributed by atoms with Gasteiger partial charge in [0.1, 0.15) is 5.78 Å². The molecule has 2 nitrogen and oxygen atoms in total. The van der Waals surface area contributed by atoms with Crippen molar-refractivity contribution in [3.05, 3.63) is 0 Å². The smallest absolute Gasteiger partial charge is 0.138 e. The molecule has 1 radical (unpaired) electrons.